The minimum Gasteiger partial charge on any atom is -0.366 e. The summed E-state index contributed by atoms with van der Waals surface area (Å²) in [6.07, 6.45) is 0.697. The van der Waals surface area contributed by atoms with Crippen molar-refractivity contribution in [2.75, 3.05) is 0 Å². The maximum absolute atomic E-state index is 11.4. The predicted octanol–water partition coefficient (Wildman–Crippen LogP) is 4.51. The Bertz CT molecular complexity index is 946. The van der Waals surface area contributed by atoms with Crippen molar-refractivity contribution >= 4 is 22.9 Å². The number of rotatable bonds is 5. The van der Waals surface area contributed by atoms with Crippen LogP contribution >= 0.6 is 11.3 Å². The highest BCUT2D eigenvalue weighted by Gasteiger charge is 2.13. The van der Waals surface area contributed by atoms with Gasteiger partial charge in [0.25, 0.3) is 0 Å². The van der Waals surface area contributed by atoms with Gasteiger partial charge in [0.05, 0.1) is 15.6 Å². The molecule has 0 bridgehead atoms. The molecular weight excluding hydrogens is 334 g/mol. The van der Waals surface area contributed by atoms with Crippen LogP contribution in [0.5, 0.6) is 0 Å². The van der Waals surface area contributed by atoms with Gasteiger partial charge in [-0.2, -0.15) is 0 Å². The molecule has 0 saturated heterocycles. The minimum atomic E-state index is -0.418. The molecule has 0 saturated carbocycles. The molecular formula is C19H17N3O2S. The van der Waals surface area contributed by atoms with Gasteiger partial charge in [0.15, 0.2) is 0 Å². The number of carbonyl (C=O) groups is 1. The van der Waals surface area contributed by atoms with Gasteiger partial charge in [-0.15, -0.1) is 16.2 Å². The molecule has 0 unspecified atom stereocenters. The molecule has 126 valence electrons. The second-order valence-electron chi connectivity index (χ2n) is 5.85. The Hall–Kier alpha value is -2.86. The maximum atomic E-state index is 11.4. The Morgan fingerprint density at radius 3 is 2.48 bits per heavy atom. The molecule has 25 heavy (non-hydrogen) atoms. The fourth-order valence-corrected chi connectivity index (χ4v) is 3.82. The monoisotopic (exact) mass is 351 g/mol. The van der Waals surface area contributed by atoms with E-state index in [1.165, 1.54) is 0 Å². The number of amides is 1. The minimum absolute atomic E-state index is 0.418. The highest BCUT2D eigenvalue weighted by Crippen LogP contribution is 2.32. The first-order valence-corrected chi connectivity index (χ1v) is 8.59. The summed E-state index contributed by atoms with van der Waals surface area (Å²) in [6, 6.07) is 12.8. The number of aromatic nitrogens is 1. The lowest BCUT2D eigenvalue weighted by Gasteiger charge is -2.05. The third-order valence-electron chi connectivity index (χ3n) is 3.99. The van der Waals surface area contributed by atoms with Gasteiger partial charge in [-0.25, -0.2) is 4.98 Å². The lowest BCUT2D eigenvalue weighted by molar-refractivity contribution is 0.0999. The normalized spacial score (nSPS) is 10.6. The molecule has 1 amide bonds. The van der Waals surface area contributed by atoms with Gasteiger partial charge in [0.2, 0.25) is 5.91 Å². The molecule has 1 heterocycles. The Balaban J connectivity index is 1.88. The molecule has 0 atom stereocenters. The van der Waals surface area contributed by atoms with Gasteiger partial charge in [0, 0.05) is 12.0 Å². The zero-order valence-corrected chi connectivity index (χ0v) is 14.8. The largest absolute Gasteiger partial charge is 0.366 e. The first-order valence-electron chi connectivity index (χ1n) is 7.77. The molecule has 0 spiro atoms. The number of hydrogen-bond donors (Lipinski definition) is 1. The maximum Gasteiger partial charge on any atom is 0.248 e. The summed E-state index contributed by atoms with van der Waals surface area (Å²) in [4.78, 5) is 27.6. The van der Waals surface area contributed by atoms with Crippen LogP contribution in [-0.4, -0.2) is 10.9 Å². The number of nitrogens with two attached hydrogens (primary N) is 1. The number of aryl methyl sites for hydroxylation is 2. The van der Waals surface area contributed by atoms with Crippen molar-refractivity contribution in [3.05, 3.63) is 74.8 Å². The zero-order valence-electron chi connectivity index (χ0n) is 13.9. The molecule has 0 radical (unpaired) electrons. The van der Waals surface area contributed by atoms with Crippen LogP contribution in [0.1, 0.15) is 32.2 Å². The van der Waals surface area contributed by atoms with Crippen molar-refractivity contribution < 1.29 is 4.79 Å². The number of carbonyl (C=O) groups excluding carboxylic acids is 1. The van der Waals surface area contributed by atoms with Crippen molar-refractivity contribution in [1.82, 2.24) is 4.98 Å². The van der Waals surface area contributed by atoms with E-state index in [0.29, 0.717) is 17.7 Å². The van der Waals surface area contributed by atoms with Crippen LogP contribution < -0.4 is 5.73 Å². The first kappa shape index (κ1) is 17.0. The average molecular weight is 351 g/mol. The summed E-state index contributed by atoms with van der Waals surface area (Å²) in [5, 5.41) is 3.90. The third-order valence-corrected chi connectivity index (χ3v) is 5.20. The second-order valence-corrected chi connectivity index (χ2v) is 6.93. The molecule has 6 heteroatoms. The van der Waals surface area contributed by atoms with Gasteiger partial charge in [0.1, 0.15) is 5.69 Å². The van der Waals surface area contributed by atoms with E-state index < -0.39 is 5.91 Å². The summed E-state index contributed by atoms with van der Waals surface area (Å²) in [5.41, 5.74) is 10.2. The number of nitrogens with zero attached hydrogens (tertiary/aromatic N) is 2. The predicted molar refractivity (Wildman–Crippen MR) is 100 cm³/mol. The van der Waals surface area contributed by atoms with Crippen LogP contribution in [0.25, 0.3) is 10.4 Å². The smallest absolute Gasteiger partial charge is 0.248 e. The third kappa shape index (κ3) is 3.64. The molecule has 0 aliphatic rings. The Morgan fingerprint density at radius 2 is 1.88 bits per heavy atom. The van der Waals surface area contributed by atoms with Gasteiger partial charge in [-0.1, -0.05) is 18.2 Å². The van der Waals surface area contributed by atoms with Crippen molar-refractivity contribution in [2.45, 2.75) is 20.3 Å². The van der Waals surface area contributed by atoms with Crippen molar-refractivity contribution in [2.24, 2.45) is 10.9 Å². The van der Waals surface area contributed by atoms with E-state index in [1.807, 2.05) is 38.1 Å². The number of nitroso groups, excluding NO2 is 1. The van der Waals surface area contributed by atoms with Crippen LogP contribution in [-0.2, 0) is 6.42 Å². The molecule has 2 N–H and O–H groups in total. The second kappa shape index (κ2) is 6.94. The van der Waals surface area contributed by atoms with Gasteiger partial charge < -0.3 is 5.73 Å². The SMILES string of the molecule is Cc1cc(-c2sc(Cc3ccc(N=O)cc3)nc2C)ccc1C(N)=O. The lowest BCUT2D eigenvalue weighted by Crippen LogP contribution is -2.12. The first-order chi connectivity index (χ1) is 12.0. The summed E-state index contributed by atoms with van der Waals surface area (Å²) in [6.45, 7) is 3.86. The van der Waals surface area contributed by atoms with Crippen LogP contribution in [0.3, 0.4) is 0 Å². The van der Waals surface area contributed by atoms with E-state index in [4.69, 9.17) is 5.73 Å². The fourth-order valence-electron chi connectivity index (χ4n) is 2.73. The van der Waals surface area contributed by atoms with Gasteiger partial charge >= 0.3 is 0 Å². The summed E-state index contributed by atoms with van der Waals surface area (Å²) >= 11 is 1.63. The quantitative estimate of drug-likeness (QED) is 0.686. The standard InChI is InChI=1S/C19H17N3O2S/c1-11-9-14(5-8-16(11)19(20)23)18-12(2)21-17(25-18)10-13-3-6-15(22-24)7-4-13/h3-9H,10H2,1-2H3,(H2,20,23). The van der Waals surface area contributed by atoms with E-state index in [-0.39, 0.29) is 0 Å². The van der Waals surface area contributed by atoms with Gasteiger partial charge in [-0.3, -0.25) is 4.79 Å². The number of thiazole rings is 1. The Kier molecular flexibility index (Phi) is 4.72. The van der Waals surface area contributed by atoms with Crippen LogP contribution in [0, 0.1) is 18.8 Å². The molecule has 2 aromatic carbocycles. The van der Waals surface area contributed by atoms with E-state index in [0.717, 1.165) is 32.3 Å². The number of primary amides is 1. The lowest BCUT2D eigenvalue weighted by atomic mass is 10.0. The fraction of sp³-hybridized carbons (Fsp3) is 0.158. The van der Waals surface area contributed by atoms with E-state index >= 15 is 0 Å². The van der Waals surface area contributed by atoms with Crippen molar-refractivity contribution in [3.8, 4) is 10.4 Å². The van der Waals surface area contributed by atoms with Crippen LogP contribution in [0.4, 0.5) is 5.69 Å². The van der Waals surface area contributed by atoms with E-state index in [1.54, 1.807) is 29.5 Å². The zero-order chi connectivity index (χ0) is 18.0. The van der Waals surface area contributed by atoms with E-state index in [2.05, 4.69) is 10.2 Å². The summed E-state index contributed by atoms with van der Waals surface area (Å²) in [7, 11) is 0. The molecule has 3 aromatic rings. The molecule has 0 aliphatic heterocycles. The highest BCUT2D eigenvalue weighted by atomic mass is 32.1. The highest BCUT2D eigenvalue weighted by molar-refractivity contribution is 7.15. The van der Waals surface area contributed by atoms with Crippen LogP contribution in [0.2, 0.25) is 0 Å². The summed E-state index contributed by atoms with van der Waals surface area (Å²) in [5.74, 6) is -0.418. The Labute approximate surface area is 149 Å². The molecule has 1 aromatic heterocycles. The summed E-state index contributed by atoms with van der Waals surface area (Å²) < 4.78 is 0. The van der Waals surface area contributed by atoms with E-state index in [9.17, 15) is 9.70 Å². The number of benzene rings is 2. The molecule has 0 fully saturated rings. The van der Waals surface area contributed by atoms with Crippen molar-refractivity contribution in [3.63, 3.8) is 0 Å². The van der Waals surface area contributed by atoms with Crippen LogP contribution in [0.15, 0.2) is 47.6 Å². The molecule has 3 rings (SSSR count). The topological polar surface area (TPSA) is 85.4 Å². The Morgan fingerprint density at radius 1 is 1.16 bits per heavy atom. The molecule has 5 nitrogen and oxygen atoms in total. The molecule has 0 aliphatic carbocycles. The van der Waals surface area contributed by atoms with Crippen molar-refractivity contribution in [1.29, 1.82) is 0 Å². The number of hydrogen-bond acceptors (Lipinski definition) is 5. The van der Waals surface area contributed by atoms with Gasteiger partial charge in [-0.05, 0) is 60.0 Å². The average Bonchev–Trinajstić information content (AvgIpc) is 2.95.